The second-order valence-electron chi connectivity index (χ2n) is 5.51. The summed E-state index contributed by atoms with van der Waals surface area (Å²) in [7, 11) is -3.32. The Morgan fingerprint density at radius 1 is 1.41 bits per heavy atom. The summed E-state index contributed by atoms with van der Waals surface area (Å²) in [4.78, 5) is 11.2. The minimum Gasteiger partial charge on any atom is -0.481 e. The molecule has 0 aromatic rings. The molecule has 2 fully saturated rings. The van der Waals surface area contributed by atoms with Crippen LogP contribution in [0.4, 0.5) is 0 Å². The lowest BCUT2D eigenvalue weighted by atomic mass is 9.85. The van der Waals surface area contributed by atoms with E-state index in [-0.39, 0.29) is 11.7 Å². The maximum absolute atomic E-state index is 11.8. The zero-order valence-electron chi connectivity index (χ0n) is 9.98. The van der Waals surface area contributed by atoms with Crippen molar-refractivity contribution in [2.24, 2.45) is 11.3 Å². The summed E-state index contributed by atoms with van der Waals surface area (Å²) in [5.41, 5.74) is -0.948. The van der Waals surface area contributed by atoms with E-state index < -0.39 is 27.4 Å². The normalized spacial score (nSPS) is 33.8. The van der Waals surface area contributed by atoms with Gasteiger partial charge < -0.3 is 5.11 Å². The molecule has 0 saturated heterocycles. The zero-order chi connectivity index (χ0) is 12.7. The summed E-state index contributed by atoms with van der Waals surface area (Å²) in [6.45, 7) is 1.63. The van der Waals surface area contributed by atoms with Crippen molar-refractivity contribution in [3.05, 3.63) is 0 Å². The maximum Gasteiger partial charge on any atom is 0.310 e. The van der Waals surface area contributed by atoms with E-state index in [0.29, 0.717) is 12.8 Å². The third-order valence-corrected chi connectivity index (χ3v) is 5.47. The molecule has 2 unspecified atom stereocenters. The van der Waals surface area contributed by atoms with Crippen LogP contribution in [0.25, 0.3) is 0 Å². The van der Waals surface area contributed by atoms with Crippen LogP contribution >= 0.6 is 0 Å². The van der Waals surface area contributed by atoms with E-state index >= 15 is 0 Å². The predicted molar refractivity (Wildman–Crippen MR) is 63.0 cm³/mol. The minimum absolute atomic E-state index is 0.152. The fraction of sp³-hybridized carbons (Fsp3) is 0.909. The Kier molecular flexibility index (Phi) is 3.20. The van der Waals surface area contributed by atoms with Crippen LogP contribution in [-0.2, 0) is 14.8 Å². The highest BCUT2D eigenvalue weighted by Gasteiger charge is 2.47. The van der Waals surface area contributed by atoms with Crippen molar-refractivity contribution in [3.8, 4) is 0 Å². The van der Waals surface area contributed by atoms with Crippen molar-refractivity contribution in [3.63, 3.8) is 0 Å². The Morgan fingerprint density at radius 2 is 2.06 bits per heavy atom. The summed E-state index contributed by atoms with van der Waals surface area (Å²) in [6.07, 6.45) is 3.87. The Morgan fingerprint density at radius 3 is 2.59 bits per heavy atom. The van der Waals surface area contributed by atoms with Crippen molar-refractivity contribution in [2.45, 2.75) is 45.1 Å². The van der Waals surface area contributed by atoms with Crippen LogP contribution in [0.1, 0.15) is 39.0 Å². The largest absolute Gasteiger partial charge is 0.481 e. The summed E-state index contributed by atoms with van der Waals surface area (Å²) >= 11 is 0. The van der Waals surface area contributed by atoms with E-state index in [1.807, 2.05) is 0 Å². The number of carbonyl (C=O) groups is 1. The van der Waals surface area contributed by atoms with Gasteiger partial charge in [0, 0.05) is 6.04 Å². The molecular weight excluding hydrogens is 242 g/mol. The molecule has 0 aromatic heterocycles. The minimum atomic E-state index is -3.32. The molecule has 2 aliphatic carbocycles. The molecule has 0 radical (unpaired) electrons. The highest BCUT2D eigenvalue weighted by Crippen LogP contribution is 2.39. The van der Waals surface area contributed by atoms with Gasteiger partial charge in [0.2, 0.25) is 10.0 Å². The quantitative estimate of drug-likeness (QED) is 0.772. The fourth-order valence-electron chi connectivity index (χ4n) is 2.47. The molecule has 2 saturated carbocycles. The molecule has 0 heterocycles. The highest BCUT2D eigenvalue weighted by molar-refractivity contribution is 7.89. The zero-order valence-corrected chi connectivity index (χ0v) is 10.8. The first-order chi connectivity index (χ1) is 7.83. The molecule has 5 nitrogen and oxygen atoms in total. The lowest BCUT2D eigenvalue weighted by Gasteiger charge is -2.27. The summed E-state index contributed by atoms with van der Waals surface area (Å²) < 4.78 is 26.3. The number of hydrogen-bond donors (Lipinski definition) is 2. The molecule has 2 aliphatic rings. The predicted octanol–water partition coefficient (Wildman–Crippen LogP) is 0.959. The van der Waals surface area contributed by atoms with Crippen LogP contribution in [-0.4, -0.2) is 31.3 Å². The van der Waals surface area contributed by atoms with E-state index in [1.54, 1.807) is 6.92 Å². The van der Waals surface area contributed by atoms with Crippen LogP contribution in [0.5, 0.6) is 0 Å². The third kappa shape index (κ3) is 2.80. The van der Waals surface area contributed by atoms with E-state index in [0.717, 1.165) is 19.3 Å². The molecule has 0 bridgehead atoms. The lowest BCUT2D eigenvalue weighted by Crippen LogP contribution is -2.47. The van der Waals surface area contributed by atoms with Crippen molar-refractivity contribution in [2.75, 3.05) is 5.75 Å². The van der Waals surface area contributed by atoms with Crippen LogP contribution < -0.4 is 4.72 Å². The van der Waals surface area contributed by atoms with Gasteiger partial charge in [-0.2, -0.15) is 0 Å². The van der Waals surface area contributed by atoms with Gasteiger partial charge in [0.1, 0.15) is 0 Å². The van der Waals surface area contributed by atoms with Crippen LogP contribution in [0.15, 0.2) is 0 Å². The Balaban J connectivity index is 2.04. The van der Waals surface area contributed by atoms with Gasteiger partial charge in [-0.25, -0.2) is 13.1 Å². The molecule has 98 valence electrons. The molecule has 17 heavy (non-hydrogen) atoms. The molecule has 2 atom stereocenters. The molecular formula is C11H19NO4S. The van der Waals surface area contributed by atoms with Crippen LogP contribution in [0.3, 0.4) is 0 Å². The van der Waals surface area contributed by atoms with Gasteiger partial charge in [-0.1, -0.05) is 6.42 Å². The second kappa shape index (κ2) is 4.24. The van der Waals surface area contributed by atoms with E-state index in [1.165, 1.54) is 0 Å². The highest BCUT2D eigenvalue weighted by atomic mass is 32.2. The lowest BCUT2D eigenvalue weighted by molar-refractivity contribution is -0.148. The second-order valence-corrected chi connectivity index (χ2v) is 7.31. The number of nitrogens with one attached hydrogen (secondary N) is 1. The molecule has 0 aliphatic heterocycles. The molecule has 2 N–H and O–H groups in total. The molecule has 6 heteroatoms. The van der Waals surface area contributed by atoms with Crippen molar-refractivity contribution in [1.82, 2.24) is 4.72 Å². The third-order valence-electron chi connectivity index (χ3n) is 3.92. The molecule has 2 rings (SSSR count). The smallest absolute Gasteiger partial charge is 0.310 e. The average Bonchev–Trinajstić information content (AvgIpc) is 2.91. The first kappa shape index (κ1) is 12.8. The van der Waals surface area contributed by atoms with Gasteiger partial charge in [0.25, 0.3) is 0 Å². The Labute approximate surface area is 102 Å². The number of hydrogen-bond acceptors (Lipinski definition) is 3. The number of carboxylic acids is 1. The molecule has 0 amide bonds. The standard InChI is InChI=1S/C11H19NO4S/c1-11(10(13)14)6-2-3-9(11)12-17(15,16)7-8-4-5-8/h8-9,12H,2-7H2,1H3,(H,13,14). The first-order valence-corrected chi connectivity index (χ1v) is 7.72. The van der Waals surface area contributed by atoms with Crippen molar-refractivity contribution in [1.29, 1.82) is 0 Å². The topological polar surface area (TPSA) is 83.5 Å². The van der Waals surface area contributed by atoms with E-state index in [9.17, 15) is 18.3 Å². The first-order valence-electron chi connectivity index (χ1n) is 6.07. The number of aliphatic carboxylic acids is 1. The molecule has 0 spiro atoms. The van der Waals surface area contributed by atoms with Gasteiger partial charge in [0.15, 0.2) is 0 Å². The number of sulfonamides is 1. The number of carboxylic acid groups (broad SMARTS) is 1. The summed E-state index contributed by atoms with van der Waals surface area (Å²) in [5, 5.41) is 9.20. The number of rotatable bonds is 5. The Bertz CT molecular complexity index is 415. The van der Waals surface area contributed by atoms with Crippen LogP contribution in [0, 0.1) is 11.3 Å². The van der Waals surface area contributed by atoms with Crippen LogP contribution in [0.2, 0.25) is 0 Å². The van der Waals surface area contributed by atoms with Gasteiger partial charge in [0.05, 0.1) is 11.2 Å². The van der Waals surface area contributed by atoms with Gasteiger partial charge >= 0.3 is 5.97 Å². The van der Waals surface area contributed by atoms with E-state index in [4.69, 9.17) is 0 Å². The van der Waals surface area contributed by atoms with Gasteiger partial charge in [-0.15, -0.1) is 0 Å². The molecule has 0 aromatic carbocycles. The van der Waals surface area contributed by atoms with E-state index in [2.05, 4.69) is 4.72 Å². The average molecular weight is 261 g/mol. The van der Waals surface area contributed by atoms with Crippen molar-refractivity contribution < 1.29 is 18.3 Å². The maximum atomic E-state index is 11.8. The van der Waals surface area contributed by atoms with Gasteiger partial charge in [-0.3, -0.25) is 4.79 Å². The monoisotopic (exact) mass is 261 g/mol. The fourth-order valence-corrected chi connectivity index (χ4v) is 4.33. The SMILES string of the molecule is CC1(C(=O)O)CCCC1NS(=O)(=O)CC1CC1. The van der Waals surface area contributed by atoms with Gasteiger partial charge in [-0.05, 0) is 38.5 Å². The summed E-state index contributed by atoms with van der Waals surface area (Å²) in [6, 6.07) is -0.455. The summed E-state index contributed by atoms with van der Waals surface area (Å²) in [5.74, 6) is -0.474. The Hall–Kier alpha value is -0.620. The van der Waals surface area contributed by atoms with Crippen molar-refractivity contribution >= 4 is 16.0 Å².